The highest BCUT2D eigenvalue weighted by molar-refractivity contribution is 5.94. The lowest BCUT2D eigenvalue weighted by Gasteiger charge is -2.24. The van der Waals surface area contributed by atoms with Gasteiger partial charge in [0, 0.05) is 6.42 Å². The first kappa shape index (κ1) is 29.7. The smallest absolute Gasteiger partial charge is 0.326 e. The molecule has 0 spiro atoms. The van der Waals surface area contributed by atoms with Crippen LogP contribution in [0.1, 0.15) is 38.5 Å². The molecule has 188 valence electrons. The van der Waals surface area contributed by atoms with Crippen LogP contribution in [0.5, 0.6) is 0 Å². The maximum Gasteiger partial charge on any atom is 0.326 e. The Morgan fingerprint density at radius 3 is 1.76 bits per heavy atom. The molecule has 0 fully saturated rings. The molecule has 0 aromatic rings. The van der Waals surface area contributed by atoms with Gasteiger partial charge in [-0.2, -0.15) is 0 Å². The molecule has 0 heterocycles. The molecule has 0 aliphatic rings. The van der Waals surface area contributed by atoms with E-state index in [0.29, 0.717) is 12.8 Å². The number of aliphatic hydroxyl groups excluding tert-OH is 1. The zero-order chi connectivity index (χ0) is 25.6. The SMILES string of the molecule is NCCCCC(NC(=O)C(CCC(N)=O)NC(=O)C(N)CO)C(=O)NC(CC(=O)O)C(=O)O. The predicted molar refractivity (Wildman–Crippen MR) is 112 cm³/mol. The van der Waals surface area contributed by atoms with E-state index in [9.17, 15) is 28.8 Å². The molecule has 15 heteroatoms. The topological polar surface area (TPSA) is 277 Å². The molecule has 0 rings (SSSR count). The van der Waals surface area contributed by atoms with Crippen LogP contribution in [0.25, 0.3) is 0 Å². The van der Waals surface area contributed by atoms with Crippen molar-refractivity contribution in [2.75, 3.05) is 13.2 Å². The normalized spacial score (nSPS) is 14.3. The fraction of sp³-hybridized carbons (Fsp3) is 0.667. The van der Waals surface area contributed by atoms with E-state index in [0.717, 1.165) is 0 Å². The first-order valence-corrected chi connectivity index (χ1v) is 10.1. The molecule has 4 amide bonds. The maximum absolute atomic E-state index is 12.8. The number of aliphatic hydroxyl groups is 1. The Hall–Kier alpha value is -3.30. The Bertz CT molecular complexity index is 718. The van der Waals surface area contributed by atoms with Crippen LogP contribution in [0.4, 0.5) is 0 Å². The molecule has 33 heavy (non-hydrogen) atoms. The minimum Gasteiger partial charge on any atom is -0.481 e. The molecule has 4 atom stereocenters. The van der Waals surface area contributed by atoms with Crippen LogP contribution in [0, 0.1) is 0 Å². The lowest BCUT2D eigenvalue weighted by molar-refractivity contribution is -0.147. The second-order valence-electron chi connectivity index (χ2n) is 7.20. The van der Waals surface area contributed by atoms with Gasteiger partial charge in [-0.25, -0.2) is 4.79 Å². The molecule has 12 N–H and O–H groups in total. The summed E-state index contributed by atoms with van der Waals surface area (Å²) in [5.41, 5.74) is 15.9. The van der Waals surface area contributed by atoms with Gasteiger partial charge in [0.05, 0.1) is 13.0 Å². The van der Waals surface area contributed by atoms with Gasteiger partial charge in [0.1, 0.15) is 24.2 Å². The molecule has 0 saturated carbocycles. The van der Waals surface area contributed by atoms with Gasteiger partial charge in [-0.1, -0.05) is 0 Å². The summed E-state index contributed by atoms with van der Waals surface area (Å²) in [6.45, 7) is -0.421. The van der Waals surface area contributed by atoms with Crippen molar-refractivity contribution in [3.05, 3.63) is 0 Å². The Morgan fingerprint density at radius 1 is 0.788 bits per heavy atom. The number of hydrogen-bond donors (Lipinski definition) is 9. The summed E-state index contributed by atoms with van der Waals surface area (Å²) >= 11 is 0. The zero-order valence-electron chi connectivity index (χ0n) is 18.0. The lowest BCUT2D eigenvalue weighted by Crippen LogP contribution is -2.57. The number of primary amides is 1. The summed E-state index contributed by atoms with van der Waals surface area (Å²) in [5, 5.41) is 33.6. The van der Waals surface area contributed by atoms with Crippen molar-refractivity contribution in [3.8, 4) is 0 Å². The fourth-order valence-corrected chi connectivity index (χ4v) is 2.60. The number of carbonyl (C=O) groups is 6. The number of amides is 4. The molecular formula is C18H32N6O9. The monoisotopic (exact) mass is 476 g/mol. The second-order valence-corrected chi connectivity index (χ2v) is 7.20. The van der Waals surface area contributed by atoms with E-state index in [-0.39, 0.29) is 25.8 Å². The summed E-state index contributed by atoms with van der Waals surface area (Å²) in [4.78, 5) is 70.5. The summed E-state index contributed by atoms with van der Waals surface area (Å²) in [7, 11) is 0. The number of nitrogens with one attached hydrogen (secondary N) is 3. The fourth-order valence-electron chi connectivity index (χ4n) is 2.60. The molecule has 0 radical (unpaired) electrons. The lowest BCUT2D eigenvalue weighted by atomic mass is 10.0. The van der Waals surface area contributed by atoms with Crippen LogP contribution in [-0.2, 0) is 28.8 Å². The van der Waals surface area contributed by atoms with E-state index in [4.69, 9.17) is 32.5 Å². The average Bonchev–Trinajstić information content (AvgIpc) is 2.73. The average molecular weight is 476 g/mol. The van der Waals surface area contributed by atoms with E-state index in [1.165, 1.54) is 0 Å². The van der Waals surface area contributed by atoms with Gasteiger partial charge in [-0.15, -0.1) is 0 Å². The molecule has 0 bridgehead atoms. The highest BCUT2D eigenvalue weighted by Gasteiger charge is 2.31. The van der Waals surface area contributed by atoms with Gasteiger partial charge in [0.2, 0.25) is 23.6 Å². The summed E-state index contributed by atoms with van der Waals surface area (Å²) < 4.78 is 0. The number of carboxylic acid groups (broad SMARTS) is 2. The van der Waals surface area contributed by atoms with Crippen LogP contribution in [0.3, 0.4) is 0 Å². The summed E-state index contributed by atoms with van der Waals surface area (Å²) in [6.07, 6.45) is -0.555. The maximum atomic E-state index is 12.8. The Labute approximate surface area is 189 Å². The van der Waals surface area contributed by atoms with Gasteiger partial charge in [-0.3, -0.25) is 24.0 Å². The predicted octanol–water partition coefficient (Wildman–Crippen LogP) is -4.29. The third kappa shape index (κ3) is 12.4. The van der Waals surface area contributed by atoms with Gasteiger partial charge >= 0.3 is 11.9 Å². The van der Waals surface area contributed by atoms with Gasteiger partial charge in [0.25, 0.3) is 0 Å². The van der Waals surface area contributed by atoms with Gasteiger partial charge < -0.3 is 48.5 Å². The molecule has 0 aromatic carbocycles. The van der Waals surface area contributed by atoms with Crippen molar-refractivity contribution in [2.45, 2.75) is 62.7 Å². The molecule has 0 saturated heterocycles. The Morgan fingerprint density at radius 2 is 1.30 bits per heavy atom. The number of hydrogen-bond acceptors (Lipinski definition) is 9. The number of nitrogens with two attached hydrogens (primary N) is 3. The third-order valence-electron chi connectivity index (χ3n) is 4.42. The highest BCUT2D eigenvalue weighted by atomic mass is 16.4. The summed E-state index contributed by atoms with van der Waals surface area (Å²) in [6, 6.07) is -5.72. The van der Waals surface area contributed by atoms with Crippen molar-refractivity contribution in [2.24, 2.45) is 17.2 Å². The number of carboxylic acids is 2. The minimum atomic E-state index is -1.74. The van der Waals surface area contributed by atoms with E-state index >= 15 is 0 Å². The number of rotatable bonds is 17. The van der Waals surface area contributed by atoms with Crippen LogP contribution >= 0.6 is 0 Å². The first-order chi connectivity index (χ1) is 15.4. The quantitative estimate of drug-likeness (QED) is 0.0905. The van der Waals surface area contributed by atoms with E-state index in [2.05, 4.69) is 16.0 Å². The van der Waals surface area contributed by atoms with E-state index < -0.39 is 72.8 Å². The van der Waals surface area contributed by atoms with Crippen molar-refractivity contribution < 1.29 is 44.1 Å². The number of aliphatic carboxylic acids is 2. The largest absolute Gasteiger partial charge is 0.481 e. The Kier molecular flexibility index (Phi) is 13.9. The third-order valence-corrected chi connectivity index (χ3v) is 4.42. The second kappa shape index (κ2) is 15.5. The van der Waals surface area contributed by atoms with Crippen molar-refractivity contribution in [1.29, 1.82) is 0 Å². The van der Waals surface area contributed by atoms with Gasteiger partial charge in [0.15, 0.2) is 0 Å². The molecular weight excluding hydrogens is 444 g/mol. The Balaban J connectivity index is 5.53. The van der Waals surface area contributed by atoms with Crippen LogP contribution < -0.4 is 33.2 Å². The van der Waals surface area contributed by atoms with Crippen molar-refractivity contribution >= 4 is 35.6 Å². The van der Waals surface area contributed by atoms with Crippen LogP contribution in [-0.4, -0.2) is 88.2 Å². The molecule has 15 nitrogen and oxygen atoms in total. The molecule has 0 aromatic heterocycles. The van der Waals surface area contributed by atoms with Crippen molar-refractivity contribution in [1.82, 2.24) is 16.0 Å². The molecule has 0 aliphatic heterocycles. The standard InChI is InChI=1S/C18H32N6O9/c19-6-2-1-3-10(16(30)24-12(18(32)33)7-14(27)28)23-17(31)11(4-5-13(21)26)22-15(29)9(20)8-25/h9-12,25H,1-8,19-20H2,(H2,21,26)(H,22,29)(H,23,31)(H,24,30)(H,27,28)(H,32,33). The zero-order valence-corrected chi connectivity index (χ0v) is 18.0. The van der Waals surface area contributed by atoms with Crippen LogP contribution in [0.2, 0.25) is 0 Å². The van der Waals surface area contributed by atoms with Gasteiger partial charge in [-0.05, 0) is 32.2 Å². The minimum absolute atomic E-state index is 0.0286. The van der Waals surface area contributed by atoms with E-state index in [1.54, 1.807) is 0 Å². The first-order valence-electron chi connectivity index (χ1n) is 10.1. The molecule has 0 aliphatic carbocycles. The van der Waals surface area contributed by atoms with Crippen molar-refractivity contribution in [3.63, 3.8) is 0 Å². The summed E-state index contributed by atoms with van der Waals surface area (Å²) in [5.74, 6) is -6.54. The highest BCUT2D eigenvalue weighted by Crippen LogP contribution is 2.06. The number of carbonyl (C=O) groups excluding carboxylic acids is 4. The van der Waals surface area contributed by atoms with Crippen LogP contribution in [0.15, 0.2) is 0 Å². The number of unbranched alkanes of at least 4 members (excludes halogenated alkanes) is 1. The van der Waals surface area contributed by atoms with E-state index in [1.807, 2.05) is 0 Å². The molecule has 4 unspecified atom stereocenters.